The Bertz CT molecular complexity index is 710. The maximum atomic E-state index is 10.9. The van der Waals surface area contributed by atoms with Gasteiger partial charge >= 0.3 is 0 Å². The van der Waals surface area contributed by atoms with E-state index >= 15 is 0 Å². The molecule has 2 aromatic carbocycles. The van der Waals surface area contributed by atoms with Crippen LogP contribution in [0.5, 0.6) is 5.75 Å². The molecule has 17 heavy (non-hydrogen) atoms. The number of furan rings is 1. The van der Waals surface area contributed by atoms with E-state index in [1.807, 2.05) is 30.3 Å². The number of ether oxygens (including phenoxy) is 1. The largest absolute Gasteiger partial charge is 0.492 e. The minimum absolute atomic E-state index is 0.494. The van der Waals surface area contributed by atoms with Crippen LogP contribution in [0.3, 0.4) is 0 Å². The Kier molecular flexibility index (Phi) is 2.11. The third-order valence-corrected chi connectivity index (χ3v) is 2.86. The maximum absolute atomic E-state index is 10.9. The van der Waals surface area contributed by atoms with E-state index in [0.29, 0.717) is 16.9 Å². The molecule has 0 unspecified atom stereocenters. The highest BCUT2D eigenvalue weighted by atomic mass is 16.5. The number of methoxy groups -OCH3 is 1. The monoisotopic (exact) mass is 226 g/mol. The molecule has 3 heteroatoms. The molecule has 1 heterocycles. The zero-order chi connectivity index (χ0) is 11.8. The summed E-state index contributed by atoms with van der Waals surface area (Å²) < 4.78 is 11.0. The van der Waals surface area contributed by atoms with Crippen LogP contribution in [0.2, 0.25) is 0 Å². The first-order valence-electron chi connectivity index (χ1n) is 5.28. The summed E-state index contributed by atoms with van der Waals surface area (Å²) in [7, 11) is 1.54. The highest BCUT2D eigenvalue weighted by molar-refractivity contribution is 6.08. The number of fused-ring (bicyclic) bond motifs is 3. The van der Waals surface area contributed by atoms with E-state index < -0.39 is 0 Å². The Morgan fingerprint density at radius 3 is 2.71 bits per heavy atom. The molecule has 0 saturated carbocycles. The van der Waals surface area contributed by atoms with E-state index in [-0.39, 0.29) is 0 Å². The Hall–Kier alpha value is -2.29. The molecule has 3 rings (SSSR count). The lowest BCUT2D eigenvalue weighted by Gasteiger charge is -2.02. The van der Waals surface area contributed by atoms with Crippen molar-refractivity contribution < 1.29 is 13.9 Å². The summed E-state index contributed by atoms with van der Waals surface area (Å²) in [6.07, 6.45) is 0.769. The van der Waals surface area contributed by atoms with Gasteiger partial charge in [0, 0.05) is 10.8 Å². The van der Waals surface area contributed by atoms with E-state index in [4.69, 9.17) is 9.15 Å². The number of para-hydroxylation sites is 1. The van der Waals surface area contributed by atoms with Crippen LogP contribution in [0.25, 0.3) is 21.9 Å². The topological polar surface area (TPSA) is 39.4 Å². The molecule has 0 spiro atoms. The first-order chi connectivity index (χ1) is 8.35. The van der Waals surface area contributed by atoms with Gasteiger partial charge in [0.15, 0.2) is 17.6 Å². The van der Waals surface area contributed by atoms with Crippen LogP contribution in [0.1, 0.15) is 10.4 Å². The van der Waals surface area contributed by atoms with Crippen molar-refractivity contribution in [3.63, 3.8) is 0 Å². The first-order valence-corrected chi connectivity index (χ1v) is 5.28. The van der Waals surface area contributed by atoms with E-state index in [1.54, 1.807) is 6.07 Å². The normalized spacial score (nSPS) is 10.9. The van der Waals surface area contributed by atoms with Crippen molar-refractivity contribution in [1.82, 2.24) is 0 Å². The number of carbonyl (C=O) groups is 1. The highest BCUT2D eigenvalue weighted by Gasteiger charge is 2.14. The van der Waals surface area contributed by atoms with Crippen molar-refractivity contribution in [3.8, 4) is 5.75 Å². The van der Waals surface area contributed by atoms with Gasteiger partial charge in [0.05, 0.1) is 12.7 Å². The van der Waals surface area contributed by atoms with E-state index in [1.165, 1.54) is 7.11 Å². The third kappa shape index (κ3) is 1.32. The van der Waals surface area contributed by atoms with Crippen molar-refractivity contribution in [2.45, 2.75) is 0 Å². The van der Waals surface area contributed by atoms with Gasteiger partial charge in [-0.1, -0.05) is 18.2 Å². The number of carbonyl (C=O) groups excluding carboxylic acids is 1. The lowest BCUT2D eigenvalue weighted by Crippen LogP contribution is -1.90. The van der Waals surface area contributed by atoms with Crippen LogP contribution in [0.15, 0.2) is 40.8 Å². The molecule has 1 aromatic heterocycles. The van der Waals surface area contributed by atoms with Crippen molar-refractivity contribution in [2.75, 3.05) is 7.11 Å². The van der Waals surface area contributed by atoms with Gasteiger partial charge in [-0.2, -0.15) is 0 Å². The van der Waals surface area contributed by atoms with Crippen molar-refractivity contribution in [2.24, 2.45) is 0 Å². The van der Waals surface area contributed by atoms with E-state index in [0.717, 1.165) is 22.6 Å². The Balaban J connectivity index is 2.51. The summed E-state index contributed by atoms with van der Waals surface area (Å²) in [5, 5.41) is 1.99. The number of benzene rings is 2. The summed E-state index contributed by atoms with van der Waals surface area (Å²) >= 11 is 0. The van der Waals surface area contributed by atoms with Gasteiger partial charge in [-0.25, -0.2) is 0 Å². The van der Waals surface area contributed by atoms with Gasteiger partial charge < -0.3 is 9.15 Å². The summed E-state index contributed by atoms with van der Waals surface area (Å²) in [6, 6.07) is 11.4. The summed E-state index contributed by atoms with van der Waals surface area (Å²) in [4.78, 5) is 10.9. The second-order valence-electron chi connectivity index (χ2n) is 3.78. The van der Waals surface area contributed by atoms with Crippen LogP contribution in [0.4, 0.5) is 0 Å². The molecule has 0 aliphatic carbocycles. The smallest absolute Gasteiger partial charge is 0.177 e. The molecule has 0 atom stereocenters. The molecule has 0 aliphatic heterocycles. The molecule has 0 amide bonds. The van der Waals surface area contributed by atoms with Crippen LogP contribution in [-0.4, -0.2) is 13.4 Å². The Morgan fingerprint density at radius 2 is 1.94 bits per heavy atom. The Labute approximate surface area is 97.6 Å². The molecule has 0 bridgehead atoms. The molecule has 0 N–H and O–H groups in total. The third-order valence-electron chi connectivity index (χ3n) is 2.86. The van der Waals surface area contributed by atoms with Crippen LogP contribution >= 0.6 is 0 Å². The Morgan fingerprint density at radius 1 is 1.12 bits per heavy atom. The van der Waals surface area contributed by atoms with Crippen molar-refractivity contribution in [1.29, 1.82) is 0 Å². The molecule has 0 fully saturated rings. The number of hydrogen-bond donors (Lipinski definition) is 0. The summed E-state index contributed by atoms with van der Waals surface area (Å²) in [5.41, 5.74) is 1.92. The molecule has 0 radical (unpaired) electrons. The average Bonchev–Trinajstić information content (AvgIpc) is 2.75. The van der Waals surface area contributed by atoms with Crippen LogP contribution in [-0.2, 0) is 0 Å². The lowest BCUT2D eigenvalue weighted by molar-refractivity contribution is 0.112. The second-order valence-corrected chi connectivity index (χ2v) is 3.78. The molecule has 84 valence electrons. The number of rotatable bonds is 2. The lowest BCUT2D eigenvalue weighted by atomic mass is 10.1. The van der Waals surface area contributed by atoms with Gasteiger partial charge in [-0.3, -0.25) is 4.79 Å². The van der Waals surface area contributed by atoms with Crippen molar-refractivity contribution in [3.05, 3.63) is 42.0 Å². The summed E-state index contributed by atoms with van der Waals surface area (Å²) in [5.74, 6) is 0.494. The van der Waals surface area contributed by atoms with Gasteiger partial charge in [-0.15, -0.1) is 0 Å². The van der Waals surface area contributed by atoms with E-state index in [2.05, 4.69) is 0 Å². The van der Waals surface area contributed by atoms with Gasteiger partial charge in [-0.05, 0) is 18.2 Å². The fraction of sp³-hybridized carbons (Fsp3) is 0.0714. The van der Waals surface area contributed by atoms with E-state index in [9.17, 15) is 4.79 Å². The second kappa shape index (κ2) is 3.63. The average molecular weight is 226 g/mol. The first kappa shape index (κ1) is 9.90. The SMILES string of the molecule is COc1c(C=O)ccc2c1oc1ccccc12. The summed E-state index contributed by atoms with van der Waals surface area (Å²) in [6.45, 7) is 0. The van der Waals surface area contributed by atoms with Crippen molar-refractivity contribution >= 4 is 28.2 Å². The van der Waals surface area contributed by atoms with Gasteiger partial charge in [0.1, 0.15) is 5.58 Å². The predicted octanol–water partition coefficient (Wildman–Crippen LogP) is 3.41. The highest BCUT2D eigenvalue weighted by Crippen LogP contribution is 2.36. The number of aldehydes is 1. The van der Waals surface area contributed by atoms with Crippen LogP contribution in [0, 0.1) is 0 Å². The molecule has 0 saturated heterocycles. The maximum Gasteiger partial charge on any atom is 0.177 e. The quantitative estimate of drug-likeness (QED) is 0.628. The molecule has 0 aliphatic rings. The van der Waals surface area contributed by atoms with Crippen LogP contribution < -0.4 is 4.74 Å². The molecule has 3 nitrogen and oxygen atoms in total. The zero-order valence-corrected chi connectivity index (χ0v) is 9.27. The standard InChI is InChI=1S/C14H10O3/c1-16-13-9(8-15)6-7-11-10-4-2-3-5-12(10)17-14(11)13/h2-8H,1H3. The number of hydrogen-bond acceptors (Lipinski definition) is 3. The molecular weight excluding hydrogens is 216 g/mol. The molecular formula is C14H10O3. The minimum Gasteiger partial charge on any atom is -0.492 e. The zero-order valence-electron chi connectivity index (χ0n) is 9.27. The fourth-order valence-corrected chi connectivity index (χ4v) is 2.08. The van der Waals surface area contributed by atoms with Gasteiger partial charge in [0.25, 0.3) is 0 Å². The minimum atomic E-state index is 0.494. The molecule has 3 aromatic rings. The predicted molar refractivity (Wildman–Crippen MR) is 65.7 cm³/mol. The fourth-order valence-electron chi connectivity index (χ4n) is 2.08. The van der Waals surface area contributed by atoms with Gasteiger partial charge in [0.2, 0.25) is 0 Å².